The Morgan fingerprint density at radius 2 is 2.12 bits per heavy atom. The maximum atomic E-state index is 11.7. The highest BCUT2D eigenvalue weighted by molar-refractivity contribution is 9.10. The van der Waals surface area contributed by atoms with Crippen LogP contribution >= 0.6 is 15.9 Å². The molecule has 2 rings (SSSR count). The van der Waals surface area contributed by atoms with E-state index in [0.29, 0.717) is 5.69 Å². The molecule has 1 heterocycles. The number of carbonyl (C=O) groups excluding carboxylic acids is 1. The highest BCUT2D eigenvalue weighted by atomic mass is 79.9. The van der Waals surface area contributed by atoms with Crippen molar-refractivity contribution < 1.29 is 9.21 Å². The number of halogens is 1. The number of rotatable bonds is 2. The lowest BCUT2D eigenvalue weighted by Gasteiger charge is -2.05. The van der Waals surface area contributed by atoms with Gasteiger partial charge in [-0.15, -0.1) is 0 Å². The number of nitrogen functional groups attached to an aromatic ring is 1. The normalized spacial score (nSPS) is 10.2. The molecule has 0 fully saturated rings. The van der Waals surface area contributed by atoms with Crippen LogP contribution in [0.5, 0.6) is 0 Å². The second-order valence-corrected chi connectivity index (χ2v) is 4.47. The third kappa shape index (κ3) is 2.68. The summed E-state index contributed by atoms with van der Waals surface area (Å²) in [6.45, 7) is 1.98. The van der Waals surface area contributed by atoms with Crippen molar-refractivity contribution in [2.45, 2.75) is 6.92 Å². The summed E-state index contributed by atoms with van der Waals surface area (Å²) in [5.41, 5.74) is 7.20. The Labute approximate surface area is 107 Å². The third-order valence-corrected chi connectivity index (χ3v) is 3.13. The van der Waals surface area contributed by atoms with E-state index in [1.807, 2.05) is 25.1 Å². The number of aryl methyl sites for hydroxylation is 1. The first-order chi connectivity index (χ1) is 8.06. The summed E-state index contributed by atoms with van der Waals surface area (Å²) < 4.78 is 5.96. The van der Waals surface area contributed by atoms with E-state index in [2.05, 4.69) is 21.2 Å². The van der Waals surface area contributed by atoms with Crippen LogP contribution in [0, 0.1) is 6.92 Å². The molecular formula is C12H11BrN2O2. The van der Waals surface area contributed by atoms with Crippen LogP contribution in [0.15, 0.2) is 39.2 Å². The van der Waals surface area contributed by atoms with Crippen molar-refractivity contribution in [3.63, 3.8) is 0 Å². The van der Waals surface area contributed by atoms with E-state index in [9.17, 15) is 4.79 Å². The molecule has 88 valence electrons. The molecule has 3 N–H and O–H groups in total. The summed E-state index contributed by atoms with van der Waals surface area (Å²) in [7, 11) is 0. The van der Waals surface area contributed by atoms with Gasteiger partial charge in [-0.05, 0) is 30.7 Å². The molecule has 0 atom stereocenters. The zero-order chi connectivity index (χ0) is 12.4. The number of hydrogen-bond acceptors (Lipinski definition) is 3. The van der Waals surface area contributed by atoms with Gasteiger partial charge in [-0.2, -0.15) is 0 Å². The molecule has 0 saturated carbocycles. The van der Waals surface area contributed by atoms with Gasteiger partial charge < -0.3 is 15.5 Å². The van der Waals surface area contributed by atoms with Crippen molar-refractivity contribution in [2.24, 2.45) is 0 Å². The number of nitrogens with one attached hydrogen (secondary N) is 1. The van der Waals surface area contributed by atoms with Gasteiger partial charge in [0.15, 0.2) is 11.6 Å². The van der Waals surface area contributed by atoms with E-state index in [1.54, 1.807) is 6.07 Å². The number of carbonyl (C=O) groups is 1. The fraction of sp³-hybridized carbons (Fsp3) is 0.0833. The number of amides is 1. The molecule has 1 aromatic carbocycles. The average Bonchev–Trinajstić information content (AvgIpc) is 2.70. The Bertz CT molecular complexity index is 563. The van der Waals surface area contributed by atoms with Gasteiger partial charge in [-0.1, -0.05) is 22.0 Å². The topological polar surface area (TPSA) is 68.3 Å². The molecule has 1 amide bonds. The SMILES string of the molecule is Cc1ccc(NC(=O)c2ccc(N)o2)cc1Br. The maximum absolute atomic E-state index is 11.7. The first kappa shape index (κ1) is 11.7. The zero-order valence-electron chi connectivity index (χ0n) is 9.16. The minimum absolute atomic E-state index is 0.194. The fourth-order valence-corrected chi connectivity index (χ4v) is 1.72. The van der Waals surface area contributed by atoms with Gasteiger partial charge in [-0.25, -0.2) is 0 Å². The van der Waals surface area contributed by atoms with Crippen LogP contribution in [0.1, 0.15) is 16.1 Å². The molecular weight excluding hydrogens is 284 g/mol. The molecule has 5 heteroatoms. The van der Waals surface area contributed by atoms with Crippen molar-refractivity contribution in [1.29, 1.82) is 0 Å². The first-order valence-corrected chi connectivity index (χ1v) is 5.78. The summed E-state index contributed by atoms with van der Waals surface area (Å²) in [5, 5.41) is 2.72. The van der Waals surface area contributed by atoms with Gasteiger partial charge in [0, 0.05) is 16.2 Å². The van der Waals surface area contributed by atoms with Crippen LogP contribution in [0.25, 0.3) is 0 Å². The fourth-order valence-electron chi connectivity index (χ4n) is 1.34. The molecule has 0 bridgehead atoms. The van der Waals surface area contributed by atoms with Crippen molar-refractivity contribution in [2.75, 3.05) is 11.1 Å². The standard InChI is InChI=1S/C12H11BrN2O2/c1-7-2-3-8(6-9(7)13)15-12(16)10-4-5-11(14)17-10/h2-6H,14H2,1H3,(H,15,16). The predicted molar refractivity (Wildman–Crippen MR) is 70.0 cm³/mol. The van der Waals surface area contributed by atoms with E-state index in [4.69, 9.17) is 10.2 Å². The van der Waals surface area contributed by atoms with Gasteiger partial charge >= 0.3 is 0 Å². The summed E-state index contributed by atoms with van der Waals surface area (Å²) in [5.74, 6) is 0.0943. The van der Waals surface area contributed by atoms with Crippen LogP contribution in [0.3, 0.4) is 0 Å². The highest BCUT2D eigenvalue weighted by Gasteiger charge is 2.10. The Balaban J connectivity index is 2.15. The molecule has 0 saturated heterocycles. The number of furan rings is 1. The number of hydrogen-bond donors (Lipinski definition) is 2. The van der Waals surface area contributed by atoms with E-state index in [1.165, 1.54) is 6.07 Å². The molecule has 17 heavy (non-hydrogen) atoms. The Kier molecular flexibility index (Phi) is 3.19. The van der Waals surface area contributed by atoms with Crippen molar-refractivity contribution in [1.82, 2.24) is 0 Å². The Hall–Kier alpha value is -1.75. The summed E-state index contributed by atoms with van der Waals surface area (Å²) in [6, 6.07) is 8.65. The van der Waals surface area contributed by atoms with Crippen LogP contribution in [-0.2, 0) is 0 Å². The molecule has 0 aliphatic rings. The minimum Gasteiger partial charge on any atom is -0.436 e. The largest absolute Gasteiger partial charge is 0.436 e. The molecule has 1 aromatic heterocycles. The maximum Gasteiger partial charge on any atom is 0.291 e. The molecule has 0 aliphatic carbocycles. The number of anilines is 2. The third-order valence-electron chi connectivity index (χ3n) is 2.28. The van der Waals surface area contributed by atoms with Crippen molar-refractivity contribution >= 4 is 33.4 Å². The Morgan fingerprint density at radius 3 is 2.71 bits per heavy atom. The van der Waals surface area contributed by atoms with Gasteiger partial charge in [-0.3, -0.25) is 4.79 Å². The number of nitrogens with two attached hydrogens (primary N) is 1. The van der Waals surface area contributed by atoms with Gasteiger partial charge in [0.2, 0.25) is 0 Å². The zero-order valence-corrected chi connectivity index (χ0v) is 10.7. The average molecular weight is 295 g/mol. The lowest BCUT2D eigenvalue weighted by Crippen LogP contribution is -2.10. The smallest absolute Gasteiger partial charge is 0.291 e. The van der Waals surface area contributed by atoms with Crippen LogP contribution < -0.4 is 11.1 Å². The van der Waals surface area contributed by atoms with E-state index in [0.717, 1.165) is 10.0 Å². The second-order valence-electron chi connectivity index (χ2n) is 3.62. The van der Waals surface area contributed by atoms with E-state index in [-0.39, 0.29) is 17.6 Å². The molecule has 2 aromatic rings. The summed E-state index contributed by atoms with van der Waals surface area (Å²) in [6.07, 6.45) is 0. The summed E-state index contributed by atoms with van der Waals surface area (Å²) in [4.78, 5) is 11.7. The van der Waals surface area contributed by atoms with Gasteiger partial charge in [0.25, 0.3) is 5.91 Å². The van der Waals surface area contributed by atoms with E-state index < -0.39 is 0 Å². The Morgan fingerprint density at radius 1 is 1.35 bits per heavy atom. The molecule has 0 unspecified atom stereocenters. The van der Waals surface area contributed by atoms with Crippen LogP contribution in [0.4, 0.5) is 11.6 Å². The van der Waals surface area contributed by atoms with Gasteiger partial charge in [0.05, 0.1) is 0 Å². The van der Waals surface area contributed by atoms with Crippen LogP contribution in [-0.4, -0.2) is 5.91 Å². The van der Waals surface area contributed by atoms with Crippen molar-refractivity contribution in [3.8, 4) is 0 Å². The molecule has 0 radical (unpaired) electrons. The monoisotopic (exact) mass is 294 g/mol. The van der Waals surface area contributed by atoms with Crippen LogP contribution in [0.2, 0.25) is 0 Å². The predicted octanol–water partition coefficient (Wildman–Crippen LogP) is 3.19. The van der Waals surface area contributed by atoms with Gasteiger partial charge in [0.1, 0.15) is 0 Å². The number of benzene rings is 1. The second kappa shape index (κ2) is 4.63. The lowest BCUT2D eigenvalue weighted by molar-refractivity contribution is 0.0997. The molecule has 4 nitrogen and oxygen atoms in total. The molecule has 0 aliphatic heterocycles. The summed E-state index contributed by atoms with van der Waals surface area (Å²) >= 11 is 3.40. The molecule has 0 spiro atoms. The van der Waals surface area contributed by atoms with E-state index >= 15 is 0 Å². The highest BCUT2D eigenvalue weighted by Crippen LogP contribution is 2.21. The lowest BCUT2D eigenvalue weighted by atomic mass is 10.2. The first-order valence-electron chi connectivity index (χ1n) is 4.99. The van der Waals surface area contributed by atoms with Crippen molar-refractivity contribution in [3.05, 3.63) is 46.1 Å². The quantitative estimate of drug-likeness (QED) is 0.894. The minimum atomic E-state index is -0.322.